The van der Waals surface area contributed by atoms with Crippen LogP contribution in [-0.4, -0.2) is 30.8 Å². The fourth-order valence-electron chi connectivity index (χ4n) is 3.83. The molecule has 7 heteroatoms. The number of carbonyl (C=O) groups excluding carboxylic acids is 1. The van der Waals surface area contributed by atoms with Crippen molar-refractivity contribution in [1.29, 1.82) is 0 Å². The van der Waals surface area contributed by atoms with Crippen LogP contribution < -0.4 is 24.8 Å². The molecule has 172 valence electrons. The van der Waals surface area contributed by atoms with Crippen LogP contribution in [0.1, 0.15) is 12.5 Å². The van der Waals surface area contributed by atoms with Crippen LogP contribution in [0.2, 0.25) is 0 Å². The standard InChI is InChI=1S/C27H25N3O4/c1-3-32-25-16-23(18-6-4-17(2)5-7-18)30-22-10-8-19(14-21(22)25)28-27(31)29-20-9-11-24-26(15-20)34-13-12-33-24/h4-11,14-16H,3,12-13H2,1-2H3,(H2,28,29,31). The topological polar surface area (TPSA) is 81.7 Å². The minimum absolute atomic E-state index is 0.363. The minimum atomic E-state index is -0.363. The molecule has 2 heterocycles. The molecule has 0 bridgehead atoms. The number of pyridine rings is 1. The Balaban J connectivity index is 1.38. The summed E-state index contributed by atoms with van der Waals surface area (Å²) in [5.41, 5.74) is 5.09. The number of aryl methyl sites for hydroxylation is 1. The Morgan fingerprint density at radius 1 is 0.912 bits per heavy atom. The predicted octanol–water partition coefficient (Wildman–Crippen LogP) is 6.02. The minimum Gasteiger partial charge on any atom is -0.493 e. The molecule has 0 saturated carbocycles. The van der Waals surface area contributed by atoms with Crippen molar-refractivity contribution in [2.45, 2.75) is 13.8 Å². The highest BCUT2D eigenvalue weighted by Gasteiger charge is 2.14. The number of anilines is 2. The van der Waals surface area contributed by atoms with Crippen molar-refractivity contribution >= 4 is 28.3 Å². The van der Waals surface area contributed by atoms with Crippen LogP contribution in [0.4, 0.5) is 16.2 Å². The Bertz CT molecular complexity index is 1350. The van der Waals surface area contributed by atoms with Crippen molar-refractivity contribution in [3.8, 4) is 28.5 Å². The molecule has 2 N–H and O–H groups in total. The van der Waals surface area contributed by atoms with E-state index in [1.807, 2.05) is 31.2 Å². The summed E-state index contributed by atoms with van der Waals surface area (Å²) >= 11 is 0. The molecule has 0 unspecified atom stereocenters. The molecule has 0 saturated heterocycles. The van der Waals surface area contributed by atoms with Crippen LogP contribution in [0.5, 0.6) is 17.2 Å². The van der Waals surface area contributed by atoms with E-state index in [0.717, 1.165) is 27.9 Å². The van der Waals surface area contributed by atoms with Crippen molar-refractivity contribution in [3.63, 3.8) is 0 Å². The average Bonchev–Trinajstić information content (AvgIpc) is 2.84. The van der Waals surface area contributed by atoms with Gasteiger partial charge in [0.05, 0.1) is 17.8 Å². The Hall–Kier alpha value is -4.26. The number of nitrogens with zero attached hydrogens (tertiary/aromatic N) is 1. The Kier molecular flexibility index (Phi) is 5.91. The van der Waals surface area contributed by atoms with E-state index in [9.17, 15) is 4.79 Å². The second-order valence-electron chi connectivity index (χ2n) is 7.97. The van der Waals surface area contributed by atoms with Gasteiger partial charge in [-0.1, -0.05) is 29.8 Å². The van der Waals surface area contributed by atoms with Gasteiger partial charge in [0.2, 0.25) is 0 Å². The van der Waals surface area contributed by atoms with E-state index in [0.29, 0.717) is 42.7 Å². The molecule has 3 aromatic carbocycles. The fraction of sp³-hybridized carbons (Fsp3) is 0.185. The highest BCUT2D eigenvalue weighted by atomic mass is 16.6. The van der Waals surface area contributed by atoms with Crippen LogP contribution >= 0.6 is 0 Å². The van der Waals surface area contributed by atoms with Gasteiger partial charge in [-0.05, 0) is 44.2 Å². The average molecular weight is 456 g/mol. The third-order valence-electron chi connectivity index (χ3n) is 5.48. The first kappa shape index (κ1) is 21.6. The number of fused-ring (bicyclic) bond motifs is 2. The third-order valence-corrected chi connectivity index (χ3v) is 5.48. The zero-order chi connectivity index (χ0) is 23.5. The normalized spacial score (nSPS) is 12.3. The van der Waals surface area contributed by atoms with E-state index in [4.69, 9.17) is 19.2 Å². The summed E-state index contributed by atoms with van der Waals surface area (Å²) in [7, 11) is 0. The molecule has 2 amide bonds. The molecule has 0 radical (unpaired) electrons. The molecule has 1 aliphatic rings. The number of rotatable bonds is 5. The maximum Gasteiger partial charge on any atom is 0.323 e. The van der Waals surface area contributed by atoms with E-state index in [2.05, 4.69) is 41.8 Å². The number of hydrogen-bond acceptors (Lipinski definition) is 5. The Labute approximate surface area is 197 Å². The molecular formula is C27H25N3O4. The van der Waals surface area contributed by atoms with Gasteiger partial charge in [0, 0.05) is 34.5 Å². The summed E-state index contributed by atoms with van der Waals surface area (Å²) in [5, 5.41) is 6.54. The maximum atomic E-state index is 12.6. The van der Waals surface area contributed by atoms with Gasteiger partial charge in [0.25, 0.3) is 0 Å². The highest BCUT2D eigenvalue weighted by Crippen LogP contribution is 2.34. The number of carbonyl (C=O) groups is 1. The van der Waals surface area contributed by atoms with Gasteiger partial charge in [-0.25, -0.2) is 9.78 Å². The van der Waals surface area contributed by atoms with Crippen LogP contribution in [0, 0.1) is 6.92 Å². The number of amides is 2. The molecule has 4 aromatic rings. The van der Waals surface area contributed by atoms with Gasteiger partial charge in [-0.15, -0.1) is 0 Å². The predicted molar refractivity (Wildman–Crippen MR) is 133 cm³/mol. The molecule has 34 heavy (non-hydrogen) atoms. The van der Waals surface area contributed by atoms with E-state index >= 15 is 0 Å². The first-order valence-corrected chi connectivity index (χ1v) is 11.2. The van der Waals surface area contributed by atoms with E-state index in [1.165, 1.54) is 5.56 Å². The SMILES string of the molecule is CCOc1cc(-c2ccc(C)cc2)nc2ccc(NC(=O)Nc3ccc4c(c3)OCCO4)cc12. The molecule has 0 spiro atoms. The molecule has 0 atom stereocenters. The molecule has 1 aromatic heterocycles. The first-order valence-electron chi connectivity index (χ1n) is 11.2. The van der Waals surface area contributed by atoms with Crippen molar-refractivity contribution in [1.82, 2.24) is 4.98 Å². The van der Waals surface area contributed by atoms with Crippen molar-refractivity contribution < 1.29 is 19.0 Å². The van der Waals surface area contributed by atoms with Crippen molar-refractivity contribution in [3.05, 3.63) is 72.3 Å². The largest absolute Gasteiger partial charge is 0.493 e. The zero-order valence-electron chi connectivity index (χ0n) is 19.1. The van der Waals surface area contributed by atoms with Crippen molar-refractivity contribution in [2.75, 3.05) is 30.5 Å². The molecule has 0 fully saturated rings. The Morgan fingerprint density at radius 3 is 2.38 bits per heavy atom. The lowest BCUT2D eigenvalue weighted by Crippen LogP contribution is -2.20. The number of hydrogen-bond donors (Lipinski definition) is 2. The summed E-state index contributed by atoms with van der Waals surface area (Å²) < 4.78 is 17.0. The van der Waals surface area contributed by atoms with E-state index in [1.54, 1.807) is 18.2 Å². The van der Waals surface area contributed by atoms with Crippen LogP contribution in [0.3, 0.4) is 0 Å². The second kappa shape index (κ2) is 9.31. The van der Waals surface area contributed by atoms with Gasteiger partial charge in [-0.2, -0.15) is 0 Å². The molecule has 1 aliphatic heterocycles. The number of ether oxygens (including phenoxy) is 3. The van der Waals surface area contributed by atoms with Gasteiger partial charge in [0.15, 0.2) is 11.5 Å². The van der Waals surface area contributed by atoms with Crippen LogP contribution in [0.15, 0.2) is 66.7 Å². The molecule has 5 rings (SSSR count). The van der Waals surface area contributed by atoms with E-state index < -0.39 is 0 Å². The number of aromatic nitrogens is 1. The van der Waals surface area contributed by atoms with E-state index in [-0.39, 0.29) is 6.03 Å². The smallest absolute Gasteiger partial charge is 0.323 e. The summed E-state index contributed by atoms with van der Waals surface area (Å²) in [5.74, 6) is 2.01. The fourth-order valence-corrected chi connectivity index (χ4v) is 3.83. The summed E-state index contributed by atoms with van der Waals surface area (Å²) in [6.45, 7) is 5.53. The highest BCUT2D eigenvalue weighted by molar-refractivity contribution is 6.01. The third kappa shape index (κ3) is 4.59. The molecule has 0 aliphatic carbocycles. The monoisotopic (exact) mass is 455 g/mol. The summed E-state index contributed by atoms with van der Waals surface area (Å²) in [6.07, 6.45) is 0. The summed E-state index contributed by atoms with van der Waals surface area (Å²) in [6, 6.07) is 20.7. The number of nitrogens with one attached hydrogen (secondary N) is 2. The van der Waals surface area contributed by atoms with Crippen LogP contribution in [0.25, 0.3) is 22.2 Å². The summed E-state index contributed by atoms with van der Waals surface area (Å²) in [4.78, 5) is 17.4. The van der Waals surface area contributed by atoms with Gasteiger partial charge in [-0.3, -0.25) is 0 Å². The number of urea groups is 1. The lowest BCUT2D eigenvalue weighted by molar-refractivity contribution is 0.171. The second-order valence-corrected chi connectivity index (χ2v) is 7.97. The maximum absolute atomic E-state index is 12.6. The Morgan fingerprint density at radius 2 is 1.62 bits per heavy atom. The quantitative estimate of drug-likeness (QED) is 0.384. The van der Waals surface area contributed by atoms with Gasteiger partial charge in [0.1, 0.15) is 19.0 Å². The molecule has 7 nitrogen and oxygen atoms in total. The lowest BCUT2D eigenvalue weighted by Gasteiger charge is -2.19. The zero-order valence-corrected chi connectivity index (χ0v) is 19.1. The van der Waals surface area contributed by atoms with Gasteiger partial charge < -0.3 is 24.8 Å². The van der Waals surface area contributed by atoms with Crippen molar-refractivity contribution in [2.24, 2.45) is 0 Å². The van der Waals surface area contributed by atoms with Crippen LogP contribution in [-0.2, 0) is 0 Å². The number of benzene rings is 3. The first-order chi connectivity index (χ1) is 16.6. The lowest BCUT2D eigenvalue weighted by atomic mass is 10.1. The van der Waals surface area contributed by atoms with Gasteiger partial charge >= 0.3 is 6.03 Å². The molecular weight excluding hydrogens is 430 g/mol.